The smallest absolute Gasteiger partial charge is 0.352 e. The van der Waals surface area contributed by atoms with Crippen LogP contribution in [0.4, 0.5) is 13.2 Å². The van der Waals surface area contributed by atoms with Crippen molar-refractivity contribution in [1.82, 2.24) is 10.2 Å². The summed E-state index contributed by atoms with van der Waals surface area (Å²) in [5.74, 6) is 0.0322. The molecule has 4 nitrogen and oxygen atoms in total. The zero-order valence-corrected chi connectivity index (χ0v) is 14.5. The molecule has 142 valence electrons. The van der Waals surface area contributed by atoms with Gasteiger partial charge in [0.25, 0.3) is 0 Å². The Morgan fingerprint density at radius 2 is 1.77 bits per heavy atom. The lowest BCUT2D eigenvalue weighted by Crippen LogP contribution is -2.46. The third kappa shape index (κ3) is 4.37. The van der Waals surface area contributed by atoms with Crippen LogP contribution in [-0.2, 0) is 22.3 Å². The molecule has 1 saturated carbocycles. The molecule has 1 N–H and O–H groups in total. The number of hydrogen-bond acceptors (Lipinski definition) is 2. The Balaban J connectivity index is 1.47. The van der Waals surface area contributed by atoms with E-state index in [4.69, 9.17) is 0 Å². The van der Waals surface area contributed by atoms with E-state index in [0.29, 0.717) is 31.5 Å². The minimum absolute atomic E-state index is 0.0734. The van der Waals surface area contributed by atoms with E-state index in [0.717, 1.165) is 31.4 Å². The van der Waals surface area contributed by atoms with Crippen LogP contribution in [0.2, 0.25) is 0 Å². The van der Waals surface area contributed by atoms with E-state index in [1.54, 1.807) is 6.07 Å². The highest BCUT2D eigenvalue weighted by atomic mass is 19.4. The van der Waals surface area contributed by atoms with Gasteiger partial charge in [0, 0.05) is 31.5 Å². The Bertz CT molecular complexity index is 663. The molecule has 0 aromatic heterocycles. The molecule has 1 aliphatic carbocycles. The summed E-state index contributed by atoms with van der Waals surface area (Å²) in [7, 11) is 0. The van der Waals surface area contributed by atoms with Gasteiger partial charge in [-0.15, -0.1) is 0 Å². The first-order chi connectivity index (χ1) is 12.3. The van der Waals surface area contributed by atoms with E-state index in [-0.39, 0.29) is 30.2 Å². The number of halogens is 3. The summed E-state index contributed by atoms with van der Waals surface area (Å²) in [6, 6.07) is 4.98. The van der Waals surface area contributed by atoms with Crippen molar-refractivity contribution in [3.05, 3.63) is 35.4 Å². The van der Waals surface area contributed by atoms with Crippen LogP contribution in [0.15, 0.2) is 24.3 Å². The predicted molar refractivity (Wildman–Crippen MR) is 89.9 cm³/mol. The topological polar surface area (TPSA) is 49.4 Å². The normalized spacial score (nSPS) is 19.1. The molecule has 1 aromatic carbocycles. The van der Waals surface area contributed by atoms with Crippen LogP contribution < -0.4 is 5.32 Å². The number of rotatable bonds is 4. The number of piperidine rings is 1. The van der Waals surface area contributed by atoms with Crippen LogP contribution in [0.3, 0.4) is 0 Å². The molecule has 1 aliphatic heterocycles. The maximum absolute atomic E-state index is 12.7. The third-order valence-corrected chi connectivity index (χ3v) is 5.35. The molecule has 2 amide bonds. The zero-order chi connectivity index (χ0) is 18.7. The summed E-state index contributed by atoms with van der Waals surface area (Å²) in [5, 5.41) is 2.73. The SMILES string of the molecule is O=C(NCc1cccc(C(F)(F)F)c1)C1CCN(C(=O)C2CCC2)CC1. The maximum atomic E-state index is 12.7. The lowest BCUT2D eigenvalue weighted by atomic mass is 9.83. The van der Waals surface area contributed by atoms with Crippen molar-refractivity contribution in [3.8, 4) is 0 Å². The van der Waals surface area contributed by atoms with Gasteiger partial charge in [-0.25, -0.2) is 0 Å². The van der Waals surface area contributed by atoms with E-state index < -0.39 is 11.7 Å². The monoisotopic (exact) mass is 368 g/mol. The molecule has 3 rings (SSSR count). The zero-order valence-electron chi connectivity index (χ0n) is 14.5. The van der Waals surface area contributed by atoms with Gasteiger partial charge in [-0.1, -0.05) is 18.6 Å². The minimum atomic E-state index is -4.39. The number of benzene rings is 1. The minimum Gasteiger partial charge on any atom is -0.352 e. The molecule has 0 atom stereocenters. The molecule has 2 aliphatic rings. The summed E-state index contributed by atoms with van der Waals surface area (Å²) >= 11 is 0. The number of carbonyl (C=O) groups is 2. The quantitative estimate of drug-likeness (QED) is 0.886. The molecule has 7 heteroatoms. The Labute approximate surface area is 150 Å². The van der Waals surface area contributed by atoms with Gasteiger partial charge in [0.2, 0.25) is 11.8 Å². The standard InChI is InChI=1S/C19H23F3N2O2/c20-19(21,22)16-6-1-3-13(11-16)12-23-17(25)14-7-9-24(10-8-14)18(26)15-4-2-5-15/h1,3,6,11,14-15H,2,4-5,7-10,12H2,(H,23,25). The molecular weight excluding hydrogens is 345 g/mol. The van der Waals surface area contributed by atoms with Crippen LogP contribution >= 0.6 is 0 Å². The second kappa shape index (κ2) is 7.68. The number of nitrogens with one attached hydrogen (secondary N) is 1. The molecule has 0 bridgehead atoms. The largest absolute Gasteiger partial charge is 0.416 e. The second-order valence-electron chi connectivity index (χ2n) is 7.14. The first kappa shape index (κ1) is 18.7. The van der Waals surface area contributed by atoms with Crippen LogP contribution in [0, 0.1) is 11.8 Å². The van der Waals surface area contributed by atoms with Crippen LogP contribution in [0.25, 0.3) is 0 Å². The van der Waals surface area contributed by atoms with Gasteiger partial charge in [-0.05, 0) is 43.4 Å². The van der Waals surface area contributed by atoms with Gasteiger partial charge in [0.05, 0.1) is 5.56 Å². The first-order valence-electron chi connectivity index (χ1n) is 9.07. The summed E-state index contributed by atoms with van der Waals surface area (Å²) in [5.41, 5.74) is -0.294. The van der Waals surface area contributed by atoms with Gasteiger partial charge >= 0.3 is 6.18 Å². The number of alkyl halides is 3. The van der Waals surface area contributed by atoms with Crippen molar-refractivity contribution in [2.24, 2.45) is 11.8 Å². The highest BCUT2D eigenvalue weighted by molar-refractivity contribution is 5.81. The van der Waals surface area contributed by atoms with Crippen LogP contribution in [0.5, 0.6) is 0 Å². The van der Waals surface area contributed by atoms with Crippen LogP contribution in [-0.4, -0.2) is 29.8 Å². The predicted octanol–water partition coefficient (Wildman–Crippen LogP) is 3.36. The van der Waals surface area contributed by atoms with E-state index in [1.165, 1.54) is 6.07 Å². The molecule has 2 fully saturated rings. The van der Waals surface area contributed by atoms with E-state index in [1.807, 2.05) is 4.90 Å². The Hall–Kier alpha value is -2.05. The van der Waals surface area contributed by atoms with Crippen molar-refractivity contribution in [3.63, 3.8) is 0 Å². The van der Waals surface area contributed by atoms with Gasteiger partial charge < -0.3 is 10.2 Å². The fourth-order valence-electron chi connectivity index (χ4n) is 3.47. The Morgan fingerprint density at radius 3 is 2.35 bits per heavy atom. The Kier molecular flexibility index (Phi) is 5.53. The fraction of sp³-hybridized carbons (Fsp3) is 0.579. The average molecular weight is 368 g/mol. The number of amides is 2. The molecule has 26 heavy (non-hydrogen) atoms. The molecule has 0 spiro atoms. The van der Waals surface area contributed by atoms with Gasteiger partial charge in [-0.3, -0.25) is 9.59 Å². The fourth-order valence-corrected chi connectivity index (χ4v) is 3.47. The summed E-state index contributed by atoms with van der Waals surface area (Å²) in [4.78, 5) is 26.4. The molecule has 1 saturated heterocycles. The summed E-state index contributed by atoms with van der Waals surface area (Å²) < 4.78 is 38.2. The maximum Gasteiger partial charge on any atom is 0.416 e. The molecule has 0 unspecified atom stereocenters. The van der Waals surface area contributed by atoms with Crippen molar-refractivity contribution in [2.45, 2.75) is 44.8 Å². The van der Waals surface area contributed by atoms with Crippen molar-refractivity contribution >= 4 is 11.8 Å². The molecule has 1 aromatic rings. The van der Waals surface area contributed by atoms with Crippen LogP contribution in [0.1, 0.15) is 43.2 Å². The summed E-state index contributed by atoms with van der Waals surface area (Å²) in [6.45, 7) is 1.23. The van der Waals surface area contributed by atoms with E-state index in [2.05, 4.69) is 5.32 Å². The second-order valence-corrected chi connectivity index (χ2v) is 7.14. The van der Waals surface area contributed by atoms with E-state index >= 15 is 0 Å². The lowest BCUT2D eigenvalue weighted by Gasteiger charge is -2.36. The highest BCUT2D eigenvalue weighted by Gasteiger charge is 2.33. The number of hydrogen-bond donors (Lipinski definition) is 1. The number of likely N-dealkylation sites (tertiary alicyclic amines) is 1. The molecular formula is C19H23F3N2O2. The van der Waals surface area contributed by atoms with Crippen molar-refractivity contribution in [1.29, 1.82) is 0 Å². The lowest BCUT2D eigenvalue weighted by molar-refractivity contribution is -0.141. The van der Waals surface area contributed by atoms with Gasteiger partial charge in [-0.2, -0.15) is 13.2 Å². The Morgan fingerprint density at radius 1 is 1.08 bits per heavy atom. The average Bonchev–Trinajstić information content (AvgIpc) is 2.58. The summed E-state index contributed by atoms with van der Waals surface area (Å²) in [6.07, 6.45) is -0.128. The van der Waals surface area contributed by atoms with Crippen molar-refractivity contribution in [2.75, 3.05) is 13.1 Å². The first-order valence-corrected chi connectivity index (χ1v) is 9.07. The number of nitrogens with zero attached hydrogens (tertiary/aromatic N) is 1. The molecule has 1 heterocycles. The highest BCUT2D eigenvalue weighted by Crippen LogP contribution is 2.31. The van der Waals surface area contributed by atoms with Crippen molar-refractivity contribution < 1.29 is 22.8 Å². The third-order valence-electron chi connectivity index (χ3n) is 5.35. The van der Waals surface area contributed by atoms with E-state index in [9.17, 15) is 22.8 Å². The number of carbonyl (C=O) groups excluding carboxylic acids is 2. The van der Waals surface area contributed by atoms with Gasteiger partial charge in [0.15, 0.2) is 0 Å². The van der Waals surface area contributed by atoms with Gasteiger partial charge in [0.1, 0.15) is 0 Å². The molecule has 0 radical (unpaired) electrons.